The number of carbonyl (C=O) groups is 2. The van der Waals surface area contributed by atoms with Gasteiger partial charge >= 0.3 is 0 Å². The Balaban J connectivity index is 0.000000265. The number of benzene rings is 1. The predicted molar refractivity (Wildman–Crippen MR) is 138 cm³/mol. The molecule has 6 heteroatoms. The molecular weight excluding hydrogens is 424 g/mol. The molecule has 1 N–H and O–H groups in total. The van der Waals surface area contributed by atoms with E-state index in [0.717, 1.165) is 34.2 Å². The number of anilines is 2. The minimum Gasteiger partial charge on any atom is -0.338 e. The molecule has 2 heterocycles. The maximum Gasteiger partial charge on any atom is 0.161 e. The number of rotatable bonds is 6. The van der Waals surface area contributed by atoms with Crippen LogP contribution in [0.15, 0.2) is 30.7 Å². The second-order valence-electron chi connectivity index (χ2n) is 9.75. The van der Waals surface area contributed by atoms with E-state index in [-0.39, 0.29) is 11.6 Å². The van der Waals surface area contributed by atoms with Crippen molar-refractivity contribution < 1.29 is 9.59 Å². The molecule has 2 saturated carbocycles. The number of fused-ring (bicyclic) bond motifs is 1. The molecule has 2 aliphatic rings. The molecule has 0 bridgehead atoms. The summed E-state index contributed by atoms with van der Waals surface area (Å²) in [6.45, 7) is 11.4. The largest absolute Gasteiger partial charge is 0.338 e. The van der Waals surface area contributed by atoms with Crippen molar-refractivity contribution in [2.45, 2.75) is 80.1 Å². The fraction of sp³-hybridized carbons (Fsp3) is 0.500. The molecule has 0 radical (unpaired) electrons. The fourth-order valence-electron chi connectivity index (χ4n) is 3.69. The van der Waals surface area contributed by atoms with Crippen LogP contribution in [0.2, 0.25) is 0 Å². The van der Waals surface area contributed by atoms with Crippen molar-refractivity contribution in [3.63, 3.8) is 0 Å². The first-order chi connectivity index (χ1) is 16.2. The van der Waals surface area contributed by atoms with Crippen molar-refractivity contribution in [3.8, 4) is 0 Å². The molecule has 2 aromatic heterocycles. The number of nitrogens with zero attached hydrogens (tertiary/aromatic N) is 3. The maximum atomic E-state index is 11.8. The molecule has 3 aromatic rings. The summed E-state index contributed by atoms with van der Waals surface area (Å²) in [5.74, 6) is 2.82. The Morgan fingerprint density at radius 1 is 1.09 bits per heavy atom. The average Bonchev–Trinajstić information content (AvgIpc) is 3.73. The van der Waals surface area contributed by atoms with Crippen LogP contribution in [0.25, 0.3) is 5.52 Å². The first-order valence-corrected chi connectivity index (χ1v) is 12.4. The van der Waals surface area contributed by atoms with E-state index in [9.17, 15) is 9.59 Å². The summed E-state index contributed by atoms with van der Waals surface area (Å²) in [5, 5.41) is 7.44. The smallest absolute Gasteiger partial charge is 0.161 e. The van der Waals surface area contributed by atoms with Gasteiger partial charge in [0.15, 0.2) is 17.4 Å². The van der Waals surface area contributed by atoms with Crippen LogP contribution >= 0.6 is 0 Å². The molecule has 5 rings (SSSR count). The van der Waals surface area contributed by atoms with E-state index >= 15 is 0 Å². The van der Waals surface area contributed by atoms with Gasteiger partial charge in [-0.1, -0.05) is 64.5 Å². The fourth-order valence-corrected chi connectivity index (χ4v) is 3.69. The molecule has 0 saturated heterocycles. The summed E-state index contributed by atoms with van der Waals surface area (Å²) in [7, 11) is 0. The van der Waals surface area contributed by atoms with E-state index in [1.807, 2.05) is 19.9 Å². The van der Waals surface area contributed by atoms with Crippen LogP contribution in [-0.2, 0) is 0 Å². The third-order valence-electron chi connectivity index (χ3n) is 6.36. The summed E-state index contributed by atoms with van der Waals surface area (Å²) in [6, 6.07) is 5.50. The Bertz CT molecular complexity index is 1160. The van der Waals surface area contributed by atoms with Crippen molar-refractivity contribution in [2.24, 2.45) is 11.8 Å². The Labute approximate surface area is 203 Å². The van der Waals surface area contributed by atoms with Gasteiger partial charge in [-0.25, -0.2) is 9.50 Å². The number of aromatic nitrogens is 3. The summed E-state index contributed by atoms with van der Waals surface area (Å²) in [5.41, 5.74) is 4.61. The molecule has 0 amide bonds. The Morgan fingerprint density at radius 3 is 2.26 bits per heavy atom. The molecule has 2 fully saturated rings. The average molecular weight is 463 g/mol. The van der Waals surface area contributed by atoms with Gasteiger partial charge in [0, 0.05) is 23.0 Å². The minimum atomic E-state index is -0.0151. The molecule has 6 nitrogen and oxygen atoms in total. The number of hydrogen-bond acceptors (Lipinski definition) is 5. The zero-order chi connectivity index (χ0) is 24.8. The van der Waals surface area contributed by atoms with Crippen molar-refractivity contribution in [2.75, 3.05) is 5.32 Å². The van der Waals surface area contributed by atoms with E-state index in [2.05, 4.69) is 29.2 Å². The van der Waals surface area contributed by atoms with Crippen LogP contribution in [-0.4, -0.2) is 26.2 Å². The maximum absolute atomic E-state index is 11.8. The van der Waals surface area contributed by atoms with Crippen LogP contribution in [0, 0.1) is 25.7 Å². The van der Waals surface area contributed by atoms with Crippen LogP contribution in [0.1, 0.15) is 98.1 Å². The lowest BCUT2D eigenvalue weighted by atomic mass is 10.1. The number of aryl methyl sites for hydroxylation is 2. The lowest BCUT2D eigenvalue weighted by Gasteiger charge is -2.11. The molecule has 0 unspecified atom stereocenters. The molecule has 182 valence electrons. The zero-order valence-corrected chi connectivity index (χ0v) is 21.4. The SMILES string of the molecule is CC(=O)c1ccc(C)c(Nc2ncnn3cc(C(C)=O)c(C)c23)c1.CC1CC1.CCCC1CC1. The highest BCUT2D eigenvalue weighted by Gasteiger charge is 2.19. The third kappa shape index (κ3) is 6.99. The Kier molecular flexibility index (Phi) is 8.59. The molecule has 0 aliphatic heterocycles. The van der Waals surface area contributed by atoms with Crippen molar-refractivity contribution >= 4 is 28.6 Å². The van der Waals surface area contributed by atoms with Gasteiger partial charge in [0.2, 0.25) is 0 Å². The van der Waals surface area contributed by atoms with Crippen LogP contribution in [0.5, 0.6) is 0 Å². The van der Waals surface area contributed by atoms with Crippen LogP contribution in [0.4, 0.5) is 11.5 Å². The number of hydrogen-bond donors (Lipinski definition) is 1. The second kappa shape index (κ2) is 11.4. The molecule has 0 spiro atoms. The third-order valence-corrected chi connectivity index (χ3v) is 6.36. The topological polar surface area (TPSA) is 76.4 Å². The van der Waals surface area contributed by atoms with Crippen molar-refractivity contribution in [1.82, 2.24) is 14.6 Å². The van der Waals surface area contributed by atoms with Crippen LogP contribution < -0.4 is 5.32 Å². The minimum absolute atomic E-state index is 0.00335. The van der Waals surface area contributed by atoms with Gasteiger partial charge in [0.05, 0.1) is 0 Å². The summed E-state index contributed by atoms with van der Waals surface area (Å²) in [4.78, 5) is 27.7. The molecule has 0 atom stereocenters. The number of Topliss-reactive ketones (excluding diaryl/α,β-unsaturated/α-hetero) is 2. The highest BCUT2D eigenvalue weighted by molar-refractivity contribution is 5.99. The van der Waals surface area contributed by atoms with Gasteiger partial charge in [-0.05, 0) is 56.7 Å². The first kappa shape index (κ1) is 25.6. The van der Waals surface area contributed by atoms with Gasteiger partial charge in [-0.2, -0.15) is 5.10 Å². The quantitative estimate of drug-likeness (QED) is 0.395. The van der Waals surface area contributed by atoms with Gasteiger partial charge in [-0.15, -0.1) is 0 Å². The van der Waals surface area contributed by atoms with Gasteiger partial charge in [-0.3, -0.25) is 9.59 Å². The normalized spacial score (nSPS) is 14.5. The monoisotopic (exact) mass is 462 g/mol. The number of carbonyl (C=O) groups excluding carboxylic acids is 2. The Hall–Kier alpha value is -3.02. The lowest BCUT2D eigenvalue weighted by molar-refractivity contribution is 0.100. The van der Waals surface area contributed by atoms with E-state index in [4.69, 9.17) is 0 Å². The van der Waals surface area contributed by atoms with Gasteiger partial charge in [0.25, 0.3) is 0 Å². The molecular formula is C28H38N4O2. The summed E-state index contributed by atoms with van der Waals surface area (Å²) < 4.78 is 1.64. The highest BCUT2D eigenvalue weighted by Crippen LogP contribution is 2.33. The molecule has 1 aromatic carbocycles. The van der Waals surface area contributed by atoms with E-state index in [1.54, 1.807) is 22.8 Å². The molecule has 34 heavy (non-hydrogen) atoms. The van der Waals surface area contributed by atoms with Crippen molar-refractivity contribution in [3.05, 3.63) is 53.0 Å². The number of ketones is 2. The standard InChI is InChI=1S/C18H18N4O2.C6H12.C4H8/c1-10-5-6-14(12(3)23)7-16(10)21-18-17-11(2)15(13(4)24)8-22(17)20-9-19-18;1-2-3-6-4-5-6;1-4-2-3-4/h5-9H,1-4H3,(H,19,20,21);6H,2-5H2,1H3;4H,2-3H2,1H3. The van der Waals surface area contributed by atoms with Gasteiger partial charge in [0.1, 0.15) is 11.8 Å². The number of nitrogens with one attached hydrogen (secondary N) is 1. The van der Waals surface area contributed by atoms with E-state index in [0.29, 0.717) is 16.9 Å². The zero-order valence-electron chi connectivity index (χ0n) is 21.4. The van der Waals surface area contributed by atoms with E-state index < -0.39 is 0 Å². The first-order valence-electron chi connectivity index (χ1n) is 12.4. The van der Waals surface area contributed by atoms with Crippen LogP contribution in [0.3, 0.4) is 0 Å². The lowest BCUT2D eigenvalue weighted by Crippen LogP contribution is -2.02. The molecule has 2 aliphatic carbocycles. The van der Waals surface area contributed by atoms with E-state index in [1.165, 1.54) is 58.7 Å². The van der Waals surface area contributed by atoms with Crippen molar-refractivity contribution in [1.29, 1.82) is 0 Å². The van der Waals surface area contributed by atoms with Gasteiger partial charge < -0.3 is 5.32 Å². The predicted octanol–water partition coefficient (Wildman–Crippen LogP) is 7.11. The summed E-state index contributed by atoms with van der Waals surface area (Å²) >= 11 is 0. The highest BCUT2D eigenvalue weighted by atomic mass is 16.1. The Morgan fingerprint density at radius 2 is 1.76 bits per heavy atom. The summed E-state index contributed by atoms with van der Waals surface area (Å²) in [6.07, 6.45) is 12.0. The second-order valence-corrected chi connectivity index (χ2v) is 9.75.